The van der Waals surface area contributed by atoms with Gasteiger partial charge >= 0.3 is 5.76 Å². The maximum Gasteiger partial charge on any atom is 0.341 e. The molecule has 0 heterocycles. The molecule has 7 heteroatoms. The Bertz CT molecular complexity index is 491. The molecule has 1 N–H and O–H groups in total. The monoisotopic (exact) mass is 279 g/mol. The number of hydrogen-bond acceptors (Lipinski definition) is 4. The fourth-order valence-electron chi connectivity index (χ4n) is 1.49. The predicted molar refractivity (Wildman–Crippen MR) is 64.6 cm³/mol. The molecule has 0 fully saturated rings. The van der Waals surface area contributed by atoms with Gasteiger partial charge in [-0.1, -0.05) is 12.1 Å². The molecule has 4 nitrogen and oxygen atoms in total. The van der Waals surface area contributed by atoms with Crippen LogP contribution in [0.1, 0.15) is 6.92 Å². The quantitative estimate of drug-likeness (QED) is 0.866. The van der Waals surface area contributed by atoms with Gasteiger partial charge in [-0.05, 0) is 19.1 Å². The topological polar surface area (TPSA) is 55.4 Å². The summed E-state index contributed by atoms with van der Waals surface area (Å²) in [5, 5.41) is 2.83. The third kappa shape index (κ3) is 3.39. The van der Waals surface area contributed by atoms with Crippen LogP contribution in [0.4, 0.5) is 14.5 Å². The van der Waals surface area contributed by atoms with Gasteiger partial charge < -0.3 is 10.1 Å². The number of benzene rings is 1. The van der Waals surface area contributed by atoms with Crippen molar-refractivity contribution >= 4 is 15.5 Å². The highest BCUT2D eigenvalue weighted by Gasteiger charge is 2.29. The molecule has 0 aliphatic heterocycles. The Morgan fingerprint density at radius 2 is 1.94 bits per heavy atom. The summed E-state index contributed by atoms with van der Waals surface area (Å²) in [6, 6.07) is 5.39. The Balaban J connectivity index is 3.08. The van der Waals surface area contributed by atoms with Gasteiger partial charge in [0.25, 0.3) is 0 Å². The minimum atomic E-state index is -4.60. The van der Waals surface area contributed by atoms with Gasteiger partial charge in [0.1, 0.15) is 0 Å². The zero-order chi connectivity index (χ0) is 13.8. The molecule has 0 aromatic heterocycles. The van der Waals surface area contributed by atoms with Crippen LogP contribution in [0.3, 0.4) is 0 Å². The normalized spacial score (nSPS) is 13.6. The Labute approximate surface area is 105 Å². The van der Waals surface area contributed by atoms with Crippen molar-refractivity contribution in [1.82, 2.24) is 0 Å². The van der Waals surface area contributed by atoms with E-state index in [1.165, 1.54) is 19.2 Å². The molecule has 0 aliphatic carbocycles. The summed E-state index contributed by atoms with van der Waals surface area (Å²) >= 11 is 0. The van der Waals surface area contributed by atoms with E-state index in [1.54, 1.807) is 13.0 Å². The lowest BCUT2D eigenvalue weighted by molar-refractivity contribution is 0.190. The highest BCUT2D eigenvalue weighted by molar-refractivity contribution is 7.91. The third-order valence-corrected chi connectivity index (χ3v) is 3.68. The van der Waals surface area contributed by atoms with E-state index < -0.39 is 20.5 Å². The molecule has 0 bridgehead atoms. The second kappa shape index (κ2) is 6.10. The van der Waals surface area contributed by atoms with Crippen LogP contribution in [0, 0.1) is 0 Å². The highest BCUT2D eigenvalue weighted by atomic mass is 32.2. The van der Waals surface area contributed by atoms with E-state index >= 15 is 0 Å². The fraction of sp³-hybridized carbons (Fsp3) is 0.455. The fourth-order valence-corrected chi connectivity index (χ4v) is 2.38. The van der Waals surface area contributed by atoms with E-state index in [0.717, 1.165) is 6.07 Å². The number of nitrogens with one attached hydrogen (secondary N) is 1. The summed E-state index contributed by atoms with van der Waals surface area (Å²) in [5.41, 5.74) is 0.155. The molecule has 0 spiro atoms. The first-order valence-corrected chi connectivity index (χ1v) is 6.80. The average molecular weight is 279 g/mol. The second-order valence-electron chi connectivity index (χ2n) is 3.80. The predicted octanol–water partition coefficient (Wildman–Crippen LogP) is 2.13. The maximum absolute atomic E-state index is 12.5. The molecule has 18 heavy (non-hydrogen) atoms. The number of methoxy groups -OCH3 is 1. The molecular formula is C11H15F2NO3S. The number of anilines is 1. The number of ether oxygens (including phenoxy) is 1. The van der Waals surface area contributed by atoms with Crippen LogP contribution in [-0.2, 0) is 14.6 Å². The number of sulfone groups is 1. The first-order valence-electron chi connectivity index (χ1n) is 5.26. The smallest absolute Gasteiger partial charge is 0.341 e. The summed E-state index contributed by atoms with van der Waals surface area (Å²) in [6.07, 6.45) is 0. The molecule has 0 amide bonds. The lowest BCUT2D eigenvalue weighted by Gasteiger charge is -2.17. The van der Waals surface area contributed by atoms with E-state index in [9.17, 15) is 17.2 Å². The van der Waals surface area contributed by atoms with Gasteiger partial charge in [0.05, 0.1) is 17.2 Å². The first-order chi connectivity index (χ1) is 8.39. The lowest BCUT2D eigenvalue weighted by atomic mass is 10.3. The molecule has 0 aliphatic rings. The Kier molecular flexibility index (Phi) is 5.03. The number of hydrogen-bond donors (Lipinski definition) is 1. The zero-order valence-electron chi connectivity index (χ0n) is 10.1. The van der Waals surface area contributed by atoms with Gasteiger partial charge in [-0.15, -0.1) is 0 Å². The van der Waals surface area contributed by atoms with Crippen LogP contribution in [0.5, 0.6) is 0 Å². The molecule has 0 saturated carbocycles. The van der Waals surface area contributed by atoms with Crippen LogP contribution in [-0.4, -0.2) is 33.9 Å². The highest BCUT2D eigenvalue weighted by Crippen LogP contribution is 2.26. The van der Waals surface area contributed by atoms with Gasteiger partial charge in [-0.25, -0.2) is 8.42 Å². The van der Waals surface area contributed by atoms with Gasteiger partial charge in [0.15, 0.2) is 0 Å². The van der Waals surface area contributed by atoms with E-state index in [0.29, 0.717) is 6.61 Å². The van der Waals surface area contributed by atoms with Crippen molar-refractivity contribution in [3.63, 3.8) is 0 Å². The van der Waals surface area contributed by atoms with Gasteiger partial charge in [0, 0.05) is 13.2 Å². The second-order valence-corrected chi connectivity index (χ2v) is 5.69. The molecule has 1 rings (SSSR count). The Morgan fingerprint density at radius 3 is 2.50 bits per heavy atom. The molecule has 1 aromatic rings. The molecule has 1 atom stereocenters. The van der Waals surface area contributed by atoms with E-state index in [2.05, 4.69) is 5.32 Å². The summed E-state index contributed by atoms with van der Waals surface area (Å²) in [6.45, 7) is 2.10. The largest absolute Gasteiger partial charge is 0.383 e. The van der Waals surface area contributed by atoms with Crippen molar-refractivity contribution in [3.05, 3.63) is 24.3 Å². The summed E-state index contributed by atoms with van der Waals surface area (Å²) in [5.74, 6) is -3.43. The molecule has 0 saturated heterocycles. The molecule has 1 aromatic carbocycles. The first kappa shape index (κ1) is 14.8. The van der Waals surface area contributed by atoms with Crippen molar-refractivity contribution in [2.45, 2.75) is 23.6 Å². The van der Waals surface area contributed by atoms with E-state index in [1.807, 2.05) is 0 Å². The maximum atomic E-state index is 12.5. The van der Waals surface area contributed by atoms with Crippen LogP contribution >= 0.6 is 0 Å². The van der Waals surface area contributed by atoms with Crippen LogP contribution in [0.15, 0.2) is 29.2 Å². The molecule has 102 valence electrons. The van der Waals surface area contributed by atoms with Gasteiger partial charge in [-0.2, -0.15) is 8.78 Å². The summed E-state index contributed by atoms with van der Waals surface area (Å²) in [7, 11) is -3.10. The SMILES string of the molecule is COCC(C)Nc1ccccc1S(=O)(=O)C(F)F. The number of halogens is 2. The van der Waals surface area contributed by atoms with Gasteiger partial charge in [0.2, 0.25) is 9.84 Å². The van der Waals surface area contributed by atoms with Crippen LogP contribution < -0.4 is 5.32 Å². The van der Waals surface area contributed by atoms with E-state index in [-0.39, 0.29) is 11.7 Å². The zero-order valence-corrected chi connectivity index (χ0v) is 10.9. The van der Waals surface area contributed by atoms with Crippen molar-refractivity contribution < 1.29 is 21.9 Å². The number of alkyl halides is 2. The molecule has 0 radical (unpaired) electrons. The molecule has 1 unspecified atom stereocenters. The minimum Gasteiger partial charge on any atom is -0.383 e. The third-order valence-electron chi connectivity index (χ3n) is 2.25. The molecular weight excluding hydrogens is 264 g/mol. The summed E-state index contributed by atoms with van der Waals surface area (Å²) in [4.78, 5) is -0.400. The lowest BCUT2D eigenvalue weighted by Crippen LogP contribution is -2.23. The standard InChI is InChI=1S/C11H15F2NO3S/c1-8(7-17-2)14-9-5-3-4-6-10(9)18(15,16)11(12)13/h3-6,8,11,14H,7H2,1-2H3. The van der Waals surface area contributed by atoms with Crippen molar-refractivity contribution in [2.24, 2.45) is 0 Å². The minimum absolute atomic E-state index is 0.155. The Morgan fingerprint density at radius 1 is 1.33 bits per heavy atom. The van der Waals surface area contributed by atoms with Crippen molar-refractivity contribution in [1.29, 1.82) is 0 Å². The van der Waals surface area contributed by atoms with Gasteiger partial charge in [-0.3, -0.25) is 0 Å². The summed E-state index contributed by atoms with van der Waals surface area (Å²) < 4.78 is 52.9. The number of para-hydroxylation sites is 1. The van der Waals surface area contributed by atoms with Crippen molar-refractivity contribution in [3.8, 4) is 0 Å². The Hall–Kier alpha value is -1.21. The number of rotatable bonds is 6. The average Bonchev–Trinajstić information content (AvgIpc) is 2.29. The van der Waals surface area contributed by atoms with Crippen LogP contribution in [0.2, 0.25) is 0 Å². The van der Waals surface area contributed by atoms with E-state index in [4.69, 9.17) is 4.74 Å². The van der Waals surface area contributed by atoms with Crippen molar-refractivity contribution in [2.75, 3.05) is 19.0 Å². The van der Waals surface area contributed by atoms with Crippen LogP contribution in [0.25, 0.3) is 0 Å².